The summed E-state index contributed by atoms with van der Waals surface area (Å²) >= 11 is 0. The van der Waals surface area contributed by atoms with Crippen molar-refractivity contribution in [2.24, 2.45) is 0 Å². The molecule has 0 radical (unpaired) electrons. The molecule has 5 nitrogen and oxygen atoms in total. The van der Waals surface area contributed by atoms with Crippen molar-refractivity contribution < 1.29 is 4.42 Å². The lowest BCUT2D eigenvalue weighted by Crippen LogP contribution is -2.07. The van der Waals surface area contributed by atoms with Crippen LogP contribution in [0.3, 0.4) is 0 Å². The lowest BCUT2D eigenvalue weighted by atomic mass is 10.1. The van der Waals surface area contributed by atoms with Crippen LogP contribution in [-0.2, 0) is 6.54 Å². The number of aromatic nitrogens is 4. The van der Waals surface area contributed by atoms with Crippen LogP contribution in [0.4, 0.5) is 0 Å². The maximum Gasteiger partial charge on any atom is 0.220 e. The molecule has 0 aliphatic carbocycles. The third-order valence-electron chi connectivity index (χ3n) is 2.58. The zero-order valence-corrected chi connectivity index (χ0v) is 9.79. The molecular formula is C11H16N4O. The second-order valence-corrected chi connectivity index (χ2v) is 4.33. The maximum atomic E-state index is 5.16. The Bertz CT molecular complexity index is 433. The predicted molar refractivity (Wildman–Crippen MR) is 59.0 cm³/mol. The molecule has 0 aliphatic heterocycles. The Morgan fingerprint density at radius 3 is 2.75 bits per heavy atom. The quantitative estimate of drug-likeness (QED) is 0.792. The van der Waals surface area contributed by atoms with Gasteiger partial charge in [0.25, 0.3) is 0 Å². The van der Waals surface area contributed by atoms with Crippen molar-refractivity contribution in [1.82, 2.24) is 20.0 Å². The average Bonchev–Trinajstić information content (AvgIpc) is 2.87. The van der Waals surface area contributed by atoms with E-state index in [1.54, 1.807) is 0 Å². The molecule has 1 unspecified atom stereocenters. The minimum Gasteiger partial charge on any atom is -0.428 e. The topological polar surface area (TPSA) is 56.7 Å². The summed E-state index contributed by atoms with van der Waals surface area (Å²) in [4.78, 5) is 0. The number of rotatable bonds is 4. The Morgan fingerprint density at radius 1 is 1.38 bits per heavy atom. The zero-order valence-electron chi connectivity index (χ0n) is 9.79. The van der Waals surface area contributed by atoms with E-state index in [9.17, 15) is 0 Å². The van der Waals surface area contributed by atoms with E-state index in [1.165, 1.54) is 12.0 Å². The Balaban J connectivity index is 2.03. The SMILES string of the molecule is CC(C)c1cnn(CC(C)c2nnco2)c1. The molecule has 0 fully saturated rings. The van der Waals surface area contributed by atoms with Crippen LogP contribution in [0.5, 0.6) is 0 Å². The minimum atomic E-state index is 0.183. The normalized spacial score (nSPS) is 13.2. The van der Waals surface area contributed by atoms with E-state index >= 15 is 0 Å². The fourth-order valence-corrected chi connectivity index (χ4v) is 1.53. The molecule has 0 aliphatic rings. The summed E-state index contributed by atoms with van der Waals surface area (Å²) in [6, 6.07) is 0. The van der Waals surface area contributed by atoms with Gasteiger partial charge in [-0.3, -0.25) is 4.68 Å². The van der Waals surface area contributed by atoms with Crippen molar-refractivity contribution >= 4 is 0 Å². The molecule has 0 spiro atoms. The largest absolute Gasteiger partial charge is 0.428 e. The Morgan fingerprint density at radius 2 is 2.19 bits per heavy atom. The van der Waals surface area contributed by atoms with E-state index in [0.717, 1.165) is 6.54 Å². The molecule has 2 aromatic heterocycles. The van der Waals surface area contributed by atoms with Gasteiger partial charge in [-0.2, -0.15) is 5.10 Å². The minimum absolute atomic E-state index is 0.183. The van der Waals surface area contributed by atoms with E-state index in [2.05, 4.69) is 35.3 Å². The van der Waals surface area contributed by atoms with E-state index in [-0.39, 0.29) is 5.92 Å². The van der Waals surface area contributed by atoms with Crippen LogP contribution in [0, 0.1) is 0 Å². The number of nitrogens with zero attached hydrogens (tertiary/aromatic N) is 4. The van der Waals surface area contributed by atoms with Crippen LogP contribution in [-0.4, -0.2) is 20.0 Å². The molecule has 2 aromatic rings. The summed E-state index contributed by atoms with van der Waals surface area (Å²) in [6.45, 7) is 7.12. The molecular weight excluding hydrogens is 204 g/mol. The van der Waals surface area contributed by atoms with E-state index < -0.39 is 0 Å². The highest BCUT2D eigenvalue weighted by atomic mass is 16.4. The second kappa shape index (κ2) is 4.47. The molecule has 0 N–H and O–H groups in total. The zero-order chi connectivity index (χ0) is 11.5. The van der Waals surface area contributed by atoms with Gasteiger partial charge in [-0.05, 0) is 11.5 Å². The molecule has 86 valence electrons. The van der Waals surface area contributed by atoms with E-state index in [1.807, 2.05) is 17.8 Å². The molecule has 2 heterocycles. The molecule has 1 atom stereocenters. The first-order valence-electron chi connectivity index (χ1n) is 5.45. The Labute approximate surface area is 94.5 Å². The van der Waals surface area contributed by atoms with Crippen molar-refractivity contribution in [2.45, 2.75) is 39.2 Å². The van der Waals surface area contributed by atoms with Crippen LogP contribution in [0.15, 0.2) is 23.2 Å². The van der Waals surface area contributed by atoms with Crippen LogP contribution < -0.4 is 0 Å². The van der Waals surface area contributed by atoms with Gasteiger partial charge < -0.3 is 4.42 Å². The van der Waals surface area contributed by atoms with Gasteiger partial charge >= 0.3 is 0 Å². The summed E-state index contributed by atoms with van der Waals surface area (Å²) in [5.74, 6) is 1.34. The fourth-order valence-electron chi connectivity index (χ4n) is 1.53. The van der Waals surface area contributed by atoms with Gasteiger partial charge in [0.1, 0.15) is 0 Å². The van der Waals surface area contributed by atoms with Gasteiger partial charge in [0, 0.05) is 6.20 Å². The Hall–Kier alpha value is -1.65. The lowest BCUT2D eigenvalue weighted by molar-refractivity contribution is 0.417. The molecule has 2 rings (SSSR count). The van der Waals surface area contributed by atoms with Gasteiger partial charge in [0.05, 0.1) is 18.7 Å². The van der Waals surface area contributed by atoms with Crippen molar-refractivity contribution in [3.8, 4) is 0 Å². The molecule has 16 heavy (non-hydrogen) atoms. The predicted octanol–water partition coefficient (Wildman–Crippen LogP) is 2.19. The number of hydrogen-bond donors (Lipinski definition) is 0. The smallest absolute Gasteiger partial charge is 0.220 e. The average molecular weight is 220 g/mol. The van der Waals surface area contributed by atoms with Crippen LogP contribution in [0.2, 0.25) is 0 Å². The third kappa shape index (κ3) is 2.29. The highest BCUT2D eigenvalue weighted by molar-refractivity contribution is 5.08. The Kier molecular flexibility index (Phi) is 3.03. The lowest BCUT2D eigenvalue weighted by Gasteiger charge is -2.06. The van der Waals surface area contributed by atoms with Crippen molar-refractivity contribution in [3.63, 3.8) is 0 Å². The molecule has 0 saturated carbocycles. The second-order valence-electron chi connectivity index (χ2n) is 4.33. The summed E-state index contributed by atoms with van der Waals surface area (Å²) < 4.78 is 7.08. The summed E-state index contributed by atoms with van der Waals surface area (Å²) in [5.41, 5.74) is 1.25. The fraction of sp³-hybridized carbons (Fsp3) is 0.545. The molecule has 0 amide bonds. The van der Waals surface area contributed by atoms with Gasteiger partial charge in [0.2, 0.25) is 12.3 Å². The molecule has 0 saturated heterocycles. The highest BCUT2D eigenvalue weighted by Gasteiger charge is 2.12. The first-order valence-corrected chi connectivity index (χ1v) is 5.45. The van der Waals surface area contributed by atoms with Crippen molar-refractivity contribution in [2.75, 3.05) is 0 Å². The monoisotopic (exact) mass is 220 g/mol. The third-order valence-corrected chi connectivity index (χ3v) is 2.58. The van der Waals surface area contributed by atoms with Crippen LogP contribution >= 0.6 is 0 Å². The van der Waals surface area contributed by atoms with Crippen LogP contribution in [0.25, 0.3) is 0 Å². The van der Waals surface area contributed by atoms with Crippen molar-refractivity contribution in [3.05, 3.63) is 30.2 Å². The number of hydrogen-bond acceptors (Lipinski definition) is 4. The first-order chi connectivity index (χ1) is 7.66. The van der Waals surface area contributed by atoms with E-state index in [0.29, 0.717) is 11.8 Å². The van der Waals surface area contributed by atoms with Crippen molar-refractivity contribution in [1.29, 1.82) is 0 Å². The molecule has 0 bridgehead atoms. The maximum absolute atomic E-state index is 5.16. The highest BCUT2D eigenvalue weighted by Crippen LogP contribution is 2.16. The summed E-state index contributed by atoms with van der Waals surface area (Å²) in [5, 5.41) is 11.9. The molecule has 0 aromatic carbocycles. The van der Waals surface area contributed by atoms with Crippen LogP contribution in [0.1, 0.15) is 44.1 Å². The van der Waals surface area contributed by atoms with Gasteiger partial charge in [-0.1, -0.05) is 20.8 Å². The summed E-state index contributed by atoms with van der Waals surface area (Å²) in [7, 11) is 0. The van der Waals surface area contributed by atoms with Gasteiger partial charge in [-0.15, -0.1) is 10.2 Å². The van der Waals surface area contributed by atoms with E-state index in [4.69, 9.17) is 4.42 Å². The molecule has 5 heteroatoms. The summed E-state index contributed by atoms with van der Waals surface area (Å²) in [6.07, 6.45) is 5.33. The first kappa shape index (κ1) is 10.9. The van der Waals surface area contributed by atoms with Gasteiger partial charge in [0.15, 0.2) is 0 Å². The van der Waals surface area contributed by atoms with Gasteiger partial charge in [-0.25, -0.2) is 0 Å². The standard InChI is InChI=1S/C11H16N4O/c1-8(2)10-4-13-15(6-10)5-9(3)11-14-12-7-16-11/h4,6-9H,5H2,1-3H3.